The summed E-state index contributed by atoms with van der Waals surface area (Å²) >= 11 is 0. The number of benzene rings is 1. The average molecular weight is 194 g/mol. The number of aliphatic hydroxyl groups is 1. The molecule has 1 aromatic carbocycles. The molecule has 1 N–H and O–H groups in total. The number of rotatable bonds is 4. The van der Waals surface area contributed by atoms with Crippen LogP contribution in [0.25, 0.3) is 0 Å². The second-order valence-electron chi connectivity index (χ2n) is 2.99. The van der Waals surface area contributed by atoms with Crippen molar-refractivity contribution in [2.75, 3.05) is 0 Å². The Kier molecular flexibility index (Phi) is 3.59. The van der Waals surface area contributed by atoms with E-state index in [0.717, 1.165) is 13.0 Å². The quantitative estimate of drug-likeness (QED) is 0.591. The highest BCUT2D eigenvalue weighted by Gasteiger charge is 2.17. The van der Waals surface area contributed by atoms with Crippen LogP contribution in [0, 0.1) is 16.7 Å². The standard InChI is InChI=1S/C10H12NO3/c1-2-4-8-5-3-6-9(7-12)10(8)11(13)14/h3,5-7,12H,2,4H2,1H3. The molecule has 1 radical (unpaired) electrons. The largest absolute Gasteiger partial charge is 0.385 e. The Morgan fingerprint density at radius 1 is 1.57 bits per heavy atom. The van der Waals surface area contributed by atoms with E-state index in [0.29, 0.717) is 12.0 Å². The lowest BCUT2D eigenvalue weighted by Crippen LogP contribution is -1.99. The van der Waals surface area contributed by atoms with E-state index in [1.165, 1.54) is 6.07 Å². The van der Waals surface area contributed by atoms with E-state index in [1.54, 1.807) is 12.1 Å². The number of aryl methyl sites for hydroxylation is 1. The minimum absolute atomic E-state index is 0.0110. The Balaban J connectivity index is 3.20. The number of hydrogen-bond acceptors (Lipinski definition) is 3. The Labute approximate surface area is 82.3 Å². The lowest BCUT2D eigenvalue weighted by molar-refractivity contribution is -0.386. The van der Waals surface area contributed by atoms with Crippen LogP contribution in [0.5, 0.6) is 0 Å². The van der Waals surface area contributed by atoms with Gasteiger partial charge in [-0.15, -0.1) is 0 Å². The number of aliphatic hydroxyl groups excluding tert-OH is 1. The molecule has 0 atom stereocenters. The molecule has 0 spiro atoms. The molecule has 0 amide bonds. The monoisotopic (exact) mass is 194 g/mol. The molecule has 4 heteroatoms. The van der Waals surface area contributed by atoms with Crippen LogP contribution in [-0.4, -0.2) is 10.0 Å². The van der Waals surface area contributed by atoms with Gasteiger partial charge >= 0.3 is 0 Å². The summed E-state index contributed by atoms with van der Waals surface area (Å²) in [6, 6.07) is 4.95. The van der Waals surface area contributed by atoms with E-state index < -0.39 is 4.92 Å². The molecule has 1 aromatic rings. The van der Waals surface area contributed by atoms with Crippen molar-refractivity contribution in [3.8, 4) is 0 Å². The van der Waals surface area contributed by atoms with Crippen molar-refractivity contribution in [1.29, 1.82) is 0 Å². The SMILES string of the molecule is CCCc1cccc([CH]O)c1[N+](=O)[O-]. The third-order valence-electron chi connectivity index (χ3n) is 1.99. The van der Waals surface area contributed by atoms with Gasteiger partial charge in [-0.25, -0.2) is 0 Å². The van der Waals surface area contributed by atoms with Gasteiger partial charge in [0.2, 0.25) is 0 Å². The van der Waals surface area contributed by atoms with Crippen LogP contribution in [0.2, 0.25) is 0 Å². The minimum Gasteiger partial charge on any atom is -0.385 e. The number of hydrogen-bond donors (Lipinski definition) is 1. The van der Waals surface area contributed by atoms with E-state index in [2.05, 4.69) is 0 Å². The molecule has 0 aliphatic rings. The molecule has 14 heavy (non-hydrogen) atoms. The van der Waals surface area contributed by atoms with Gasteiger partial charge in [0.15, 0.2) is 0 Å². The van der Waals surface area contributed by atoms with Gasteiger partial charge in [0.05, 0.1) is 10.5 Å². The summed E-state index contributed by atoms with van der Waals surface area (Å²) in [6.45, 7) is 2.73. The molecule has 0 bridgehead atoms. The van der Waals surface area contributed by atoms with Gasteiger partial charge in [-0.2, -0.15) is 0 Å². The Morgan fingerprint density at radius 2 is 2.29 bits per heavy atom. The van der Waals surface area contributed by atoms with Gasteiger partial charge in [-0.05, 0) is 12.5 Å². The summed E-state index contributed by atoms with van der Waals surface area (Å²) in [5.41, 5.74) is 0.943. The van der Waals surface area contributed by atoms with Crippen LogP contribution in [0.15, 0.2) is 18.2 Å². The molecule has 0 aromatic heterocycles. The second kappa shape index (κ2) is 4.72. The van der Waals surface area contributed by atoms with E-state index in [9.17, 15) is 10.1 Å². The Hall–Kier alpha value is -1.42. The van der Waals surface area contributed by atoms with Gasteiger partial charge in [0, 0.05) is 5.56 Å². The third kappa shape index (κ3) is 2.09. The van der Waals surface area contributed by atoms with Gasteiger partial charge in [-0.3, -0.25) is 10.1 Å². The summed E-state index contributed by atoms with van der Waals surface area (Å²) in [5, 5.41) is 19.6. The van der Waals surface area contributed by atoms with Crippen molar-refractivity contribution in [1.82, 2.24) is 0 Å². The lowest BCUT2D eigenvalue weighted by atomic mass is 10.0. The lowest BCUT2D eigenvalue weighted by Gasteiger charge is -2.04. The fourth-order valence-electron chi connectivity index (χ4n) is 1.41. The van der Waals surface area contributed by atoms with Crippen LogP contribution in [0.4, 0.5) is 5.69 Å². The maximum atomic E-state index is 10.8. The molecular formula is C10H12NO3. The van der Waals surface area contributed by atoms with Gasteiger partial charge in [-0.1, -0.05) is 25.5 Å². The highest BCUT2D eigenvalue weighted by molar-refractivity contribution is 5.50. The smallest absolute Gasteiger partial charge is 0.278 e. The molecule has 0 aliphatic carbocycles. The van der Waals surface area contributed by atoms with Crippen molar-refractivity contribution in [3.05, 3.63) is 46.0 Å². The predicted molar refractivity (Wildman–Crippen MR) is 52.4 cm³/mol. The van der Waals surface area contributed by atoms with Crippen LogP contribution >= 0.6 is 0 Å². The van der Waals surface area contributed by atoms with E-state index >= 15 is 0 Å². The number of nitro benzene ring substituents is 1. The van der Waals surface area contributed by atoms with Crippen LogP contribution in [0.1, 0.15) is 24.5 Å². The number of para-hydroxylation sites is 1. The van der Waals surface area contributed by atoms with Crippen LogP contribution in [-0.2, 0) is 6.42 Å². The predicted octanol–water partition coefficient (Wildman–Crippen LogP) is 2.43. The molecule has 75 valence electrons. The minimum atomic E-state index is -0.451. The fraction of sp³-hybridized carbons (Fsp3) is 0.300. The summed E-state index contributed by atoms with van der Waals surface area (Å²) < 4.78 is 0. The molecule has 4 nitrogen and oxygen atoms in total. The fourth-order valence-corrected chi connectivity index (χ4v) is 1.41. The Bertz CT molecular complexity index is 336. The second-order valence-corrected chi connectivity index (χ2v) is 2.99. The normalized spacial score (nSPS) is 10.1. The zero-order chi connectivity index (χ0) is 10.6. The first kappa shape index (κ1) is 10.7. The van der Waals surface area contributed by atoms with Crippen molar-refractivity contribution < 1.29 is 10.0 Å². The summed E-state index contributed by atoms with van der Waals surface area (Å²) in [5.74, 6) is 0. The maximum absolute atomic E-state index is 10.8. The molecular weight excluding hydrogens is 182 g/mol. The van der Waals surface area contributed by atoms with Crippen LogP contribution in [0.3, 0.4) is 0 Å². The molecule has 1 rings (SSSR count). The van der Waals surface area contributed by atoms with E-state index in [-0.39, 0.29) is 11.3 Å². The van der Waals surface area contributed by atoms with Crippen molar-refractivity contribution >= 4 is 5.69 Å². The summed E-state index contributed by atoms with van der Waals surface area (Å²) in [6.07, 6.45) is 1.49. The van der Waals surface area contributed by atoms with E-state index in [1.807, 2.05) is 6.92 Å². The molecule has 0 aliphatic heterocycles. The van der Waals surface area contributed by atoms with Crippen molar-refractivity contribution in [2.24, 2.45) is 0 Å². The highest BCUT2D eigenvalue weighted by Crippen LogP contribution is 2.25. The summed E-state index contributed by atoms with van der Waals surface area (Å²) in [7, 11) is 0. The third-order valence-corrected chi connectivity index (χ3v) is 1.99. The van der Waals surface area contributed by atoms with Crippen LogP contribution < -0.4 is 0 Å². The Morgan fingerprint density at radius 3 is 2.79 bits per heavy atom. The van der Waals surface area contributed by atoms with E-state index in [4.69, 9.17) is 5.11 Å². The van der Waals surface area contributed by atoms with Gasteiger partial charge in [0.1, 0.15) is 6.61 Å². The first-order valence-electron chi connectivity index (χ1n) is 4.44. The first-order valence-corrected chi connectivity index (χ1v) is 4.44. The molecule has 0 unspecified atom stereocenters. The average Bonchev–Trinajstić information content (AvgIpc) is 2.17. The van der Waals surface area contributed by atoms with Gasteiger partial charge < -0.3 is 5.11 Å². The van der Waals surface area contributed by atoms with Gasteiger partial charge in [0.25, 0.3) is 5.69 Å². The summed E-state index contributed by atoms with van der Waals surface area (Å²) in [4.78, 5) is 10.3. The number of nitrogens with zero attached hydrogens (tertiary/aromatic N) is 1. The number of nitro groups is 1. The maximum Gasteiger partial charge on any atom is 0.278 e. The zero-order valence-electron chi connectivity index (χ0n) is 7.93. The molecule has 0 heterocycles. The molecule has 0 saturated heterocycles. The van der Waals surface area contributed by atoms with Crippen molar-refractivity contribution in [2.45, 2.75) is 19.8 Å². The molecule has 0 fully saturated rings. The van der Waals surface area contributed by atoms with Crippen molar-refractivity contribution in [3.63, 3.8) is 0 Å². The first-order chi connectivity index (χ1) is 6.70. The zero-order valence-corrected chi connectivity index (χ0v) is 7.93. The topological polar surface area (TPSA) is 63.4 Å². The highest BCUT2D eigenvalue weighted by atomic mass is 16.6. The molecule has 0 saturated carbocycles.